The fraction of sp³-hybridized carbons (Fsp3) is 0.261. The highest BCUT2D eigenvalue weighted by Crippen LogP contribution is 2.25. The molecule has 0 saturated heterocycles. The number of hydrogen-bond donors (Lipinski definition) is 0. The van der Waals surface area contributed by atoms with Crippen LogP contribution in [-0.4, -0.2) is 28.2 Å². The van der Waals surface area contributed by atoms with Gasteiger partial charge in [0.15, 0.2) is 0 Å². The average molecular weight is 484 g/mol. The van der Waals surface area contributed by atoms with E-state index in [1.807, 2.05) is 47.4 Å². The first-order valence-corrected chi connectivity index (χ1v) is 11.6. The van der Waals surface area contributed by atoms with Gasteiger partial charge >= 0.3 is 0 Å². The van der Waals surface area contributed by atoms with Gasteiger partial charge in [0.2, 0.25) is 11.8 Å². The van der Waals surface area contributed by atoms with E-state index in [1.54, 1.807) is 22.4 Å². The van der Waals surface area contributed by atoms with E-state index in [0.29, 0.717) is 13.1 Å². The van der Waals surface area contributed by atoms with Crippen molar-refractivity contribution in [1.82, 2.24) is 9.88 Å². The number of nitrogens with zero attached hydrogens (tertiary/aromatic N) is 3. The zero-order valence-corrected chi connectivity index (χ0v) is 18.9. The predicted octanol–water partition coefficient (Wildman–Crippen LogP) is 4.80. The number of thiophene rings is 1. The number of anilines is 1. The molecule has 1 aliphatic rings. The molecular formula is C23H22BrN3O2S. The number of rotatable bonds is 6. The molecule has 0 atom stereocenters. The molecule has 0 fully saturated rings. The number of halogens is 1. The molecule has 2 amide bonds. The number of aromatic nitrogens is 1. The Bertz CT molecular complexity index is 1020. The molecule has 5 nitrogen and oxygen atoms in total. The minimum absolute atomic E-state index is 0.0359. The summed E-state index contributed by atoms with van der Waals surface area (Å²) >= 11 is 5.19. The van der Waals surface area contributed by atoms with E-state index in [0.717, 1.165) is 28.8 Å². The van der Waals surface area contributed by atoms with Crippen molar-refractivity contribution < 1.29 is 9.59 Å². The molecule has 154 valence electrons. The lowest BCUT2D eigenvalue weighted by Crippen LogP contribution is -2.37. The Balaban J connectivity index is 1.42. The fourth-order valence-electron chi connectivity index (χ4n) is 3.57. The molecule has 3 aromatic rings. The first-order chi connectivity index (χ1) is 14.6. The van der Waals surface area contributed by atoms with Crippen molar-refractivity contribution in [3.05, 3.63) is 80.7 Å². The summed E-state index contributed by atoms with van der Waals surface area (Å²) < 4.78 is 0.949. The quantitative estimate of drug-likeness (QED) is 0.505. The van der Waals surface area contributed by atoms with Crippen molar-refractivity contribution in [2.45, 2.75) is 32.4 Å². The Morgan fingerprint density at radius 3 is 2.70 bits per heavy atom. The standard InChI is InChI=1S/C23H22BrN3O2S/c24-18-4-6-20(7-5-18)27(16-19-3-1-2-12-25-19)23(29)9-8-22(28)26-13-10-21-17(15-26)11-14-30-21/h1-7,11-12,14H,8-10,13,15-16H2. The molecule has 4 rings (SSSR count). The molecule has 2 aromatic heterocycles. The van der Waals surface area contributed by atoms with Gasteiger partial charge in [0.1, 0.15) is 0 Å². The van der Waals surface area contributed by atoms with E-state index >= 15 is 0 Å². The summed E-state index contributed by atoms with van der Waals surface area (Å²) in [5.41, 5.74) is 2.83. The molecule has 0 N–H and O–H groups in total. The van der Waals surface area contributed by atoms with Gasteiger partial charge in [-0.3, -0.25) is 14.6 Å². The lowest BCUT2D eigenvalue weighted by molar-refractivity contribution is -0.134. The second-order valence-corrected chi connectivity index (χ2v) is 9.13. The van der Waals surface area contributed by atoms with Crippen LogP contribution in [0.4, 0.5) is 5.69 Å². The Morgan fingerprint density at radius 1 is 1.10 bits per heavy atom. The maximum Gasteiger partial charge on any atom is 0.227 e. The van der Waals surface area contributed by atoms with Crippen LogP contribution in [0.25, 0.3) is 0 Å². The number of benzene rings is 1. The number of carbonyl (C=O) groups excluding carboxylic acids is 2. The molecule has 0 radical (unpaired) electrons. The van der Waals surface area contributed by atoms with Gasteiger partial charge in [-0.1, -0.05) is 22.0 Å². The maximum absolute atomic E-state index is 13.1. The third kappa shape index (κ3) is 4.96. The minimum Gasteiger partial charge on any atom is -0.338 e. The third-order valence-corrected chi connectivity index (χ3v) is 6.75. The molecule has 0 saturated carbocycles. The van der Waals surface area contributed by atoms with Crippen LogP contribution < -0.4 is 4.90 Å². The Labute approximate surface area is 188 Å². The third-order valence-electron chi connectivity index (χ3n) is 5.20. The second kappa shape index (κ2) is 9.53. The van der Waals surface area contributed by atoms with Gasteiger partial charge in [-0.05, 0) is 59.8 Å². The zero-order chi connectivity index (χ0) is 20.9. The first kappa shape index (κ1) is 20.8. The molecule has 0 bridgehead atoms. The molecule has 0 aliphatic carbocycles. The van der Waals surface area contributed by atoms with Gasteiger partial charge in [0.05, 0.1) is 12.2 Å². The first-order valence-electron chi connectivity index (χ1n) is 9.89. The highest BCUT2D eigenvalue weighted by atomic mass is 79.9. The van der Waals surface area contributed by atoms with E-state index in [1.165, 1.54) is 10.4 Å². The molecule has 0 spiro atoms. The van der Waals surface area contributed by atoms with Crippen LogP contribution in [0, 0.1) is 0 Å². The lowest BCUT2D eigenvalue weighted by Gasteiger charge is -2.28. The van der Waals surface area contributed by atoms with Gasteiger partial charge < -0.3 is 9.80 Å². The van der Waals surface area contributed by atoms with Gasteiger partial charge in [0.25, 0.3) is 0 Å². The topological polar surface area (TPSA) is 53.5 Å². The Morgan fingerprint density at radius 2 is 1.93 bits per heavy atom. The number of amides is 2. The fourth-order valence-corrected chi connectivity index (χ4v) is 4.72. The van der Waals surface area contributed by atoms with Crippen LogP contribution in [0.15, 0.2) is 64.6 Å². The van der Waals surface area contributed by atoms with Crippen LogP contribution in [-0.2, 0) is 29.1 Å². The zero-order valence-electron chi connectivity index (χ0n) is 16.5. The molecule has 30 heavy (non-hydrogen) atoms. The van der Waals surface area contributed by atoms with E-state index in [4.69, 9.17) is 0 Å². The van der Waals surface area contributed by atoms with Crippen molar-refractivity contribution in [2.24, 2.45) is 0 Å². The van der Waals surface area contributed by atoms with Crippen LogP contribution in [0.5, 0.6) is 0 Å². The molecule has 1 aromatic carbocycles. The molecule has 7 heteroatoms. The molecular weight excluding hydrogens is 462 g/mol. The summed E-state index contributed by atoms with van der Waals surface area (Å²) in [7, 11) is 0. The molecule has 0 unspecified atom stereocenters. The van der Waals surface area contributed by atoms with Crippen LogP contribution in [0.1, 0.15) is 29.0 Å². The Kier molecular flexibility index (Phi) is 6.59. The summed E-state index contributed by atoms with van der Waals surface area (Å²) in [4.78, 5) is 35.1. The smallest absolute Gasteiger partial charge is 0.227 e. The summed E-state index contributed by atoms with van der Waals surface area (Å²) in [5.74, 6) is -0.0432. The van der Waals surface area contributed by atoms with Crippen molar-refractivity contribution in [3.63, 3.8) is 0 Å². The summed E-state index contributed by atoms with van der Waals surface area (Å²) in [6.45, 7) is 1.75. The maximum atomic E-state index is 13.1. The van der Waals surface area contributed by atoms with E-state index in [2.05, 4.69) is 32.4 Å². The highest BCUT2D eigenvalue weighted by Gasteiger charge is 2.23. The van der Waals surface area contributed by atoms with Gasteiger partial charge in [-0.2, -0.15) is 0 Å². The Hall–Kier alpha value is -2.51. The van der Waals surface area contributed by atoms with E-state index < -0.39 is 0 Å². The van der Waals surface area contributed by atoms with Gasteiger partial charge in [-0.25, -0.2) is 0 Å². The van der Waals surface area contributed by atoms with Crippen molar-refractivity contribution in [3.8, 4) is 0 Å². The average Bonchev–Trinajstić information content (AvgIpc) is 3.25. The molecule has 3 heterocycles. The number of pyridine rings is 1. The second-order valence-electron chi connectivity index (χ2n) is 7.21. The van der Waals surface area contributed by atoms with Crippen LogP contribution in [0.3, 0.4) is 0 Å². The monoisotopic (exact) mass is 483 g/mol. The predicted molar refractivity (Wildman–Crippen MR) is 122 cm³/mol. The summed E-state index contributed by atoms with van der Waals surface area (Å²) in [6.07, 6.45) is 3.01. The van der Waals surface area contributed by atoms with Crippen molar-refractivity contribution >= 4 is 44.8 Å². The minimum atomic E-state index is -0.0791. The van der Waals surface area contributed by atoms with Crippen molar-refractivity contribution in [2.75, 3.05) is 11.4 Å². The number of carbonyl (C=O) groups is 2. The largest absolute Gasteiger partial charge is 0.338 e. The van der Waals surface area contributed by atoms with Crippen LogP contribution >= 0.6 is 27.3 Å². The molecule has 1 aliphatic heterocycles. The number of fused-ring (bicyclic) bond motifs is 1. The normalized spacial score (nSPS) is 13.0. The highest BCUT2D eigenvalue weighted by molar-refractivity contribution is 9.10. The SMILES string of the molecule is O=C(CCC(=O)N(Cc1ccccn1)c1ccc(Br)cc1)N1CCc2sccc2C1. The van der Waals surface area contributed by atoms with E-state index in [-0.39, 0.29) is 24.7 Å². The summed E-state index contributed by atoms with van der Waals surface area (Å²) in [6, 6.07) is 15.4. The van der Waals surface area contributed by atoms with Crippen LogP contribution in [0.2, 0.25) is 0 Å². The summed E-state index contributed by atoms with van der Waals surface area (Å²) in [5, 5.41) is 2.08. The van der Waals surface area contributed by atoms with Gasteiger partial charge in [0, 0.05) is 47.2 Å². The lowest BCUT2D eigenvalue weighted by atomic mass is 10.1. The number of hydrogen-bond acceptors (Lipinski definition) is 4. The van der Waals surface area contributed by atoms with Crippen molar-refractivity contribution in [1.29, 1.82) is 0 Å². The van der Waals surface area contributed by atoms with Gasteiger partial charge in [-0.15, -0.1) is 11.3 Å². The van der Waals surface area contributed by atoms with E-state index in [9.17, 15) is 9.59 Å².